The first-order valence-electron chi connectivity index (χ1n) is 8.43. The summed E-state index contributed by atoms with van der Waals surface area (Å²) in [6.07, 6.45) is 5.48. The van der Waals surface area contributed by atoms with Crippen LogP contribution in [0.25, 0.3) is 0 Å². The molecule has 1 heterocycles. The van der Waals surface area contributed by atoms with Gasteiger partial charge in [-0.25, -0.2) is 0 Å². The van der Waals surface area contributed by atoms with E-state index in [1.807, 2.05) is 0 Å². The summed E-state index contributed by atoms with van der Waals surface area (Å²) in [5.41, 5.74) is 2.78. The van der Waals surface area contributed by atoms with Gasteiger partial charge in [-0.1, -0.05) is 48.3 Å². The number of benzene rings is 1. The highest BCUT2D eigenvalue weighted by atomic mass is 79.9. The Hall–Kier alpha value is -0.380. The summed E-state index contributed by atoms with van der Waals surface area (Å²) in [6.45, 7) is 10.0. The molecule has 2 nitrogen and oxygen atoms in total. The maximum atomic E-state index is 3.76. The van der Waals surface area contributed by atoms with Crippen LogP contribution in [0.4, 0.5) is 0 Å². The highest BCUT2D eigenvalue weighted by molar-refractivity contribution is 9.10. The van der Waals surface area contributed by atoms with Crippen molar-refractivity contribution in [3.05, 3.63) is 33.8 Å². The Morgan fingerprint density at radius 3 is 2.81 bits per heavy atom. The minimum Gasteiger partial charge on any atom is -0.313 e. The van der Waals surface area contributed by atoms with E-state index in [1.165, 1.54) is 54.4 Å². The second-order valence-corrected chi connectivity index (χ2v) is 7.04. The van der Waals surface area contributed by atoms with E-state index in [4.69, 9.17) is 0 Å². The second-order valence-electron chi connectivity index (χ2n) is 6.19. The van der Waals surface area contributed by atoms with E-state index in [9.17, 15) is 0 Å². The molecule has 1 saturated heterocycles. The lowest BCUT2D eigenvalue weighted by Crippen LogP contribution is -2.24. The molecular formula is C18H29BrN2. The topological polar surface area (TPSA) is 15.3 Å². The van der Waals surface area contributed by atoms with Gasteiger partial charge in [-0.3, -0.25) is 4.90 Å². The number of nitrogens with zero attached hydrogens (tertiary/aromatic N) is 1. The standard InChI is InChI=1S/C18H29BrN2/c1-3-15-6-5-10-21(11-9-15)14-17-8-7-16(12-18(17)19)13-20-4-2/h7-8,12,15,20H,3-6,9-11,13-14H2,1-2H3. The van der Waals surface area contributed by atoms with Crippen molar-refractivity contribution >= 4 is 15.9 Å². The van der Waals surface area contributed by atoms with Gasteiger partial charge in [0.25, 0.3) is 0 Å². The molecule has 1 atom stereocenters. The molecule has 118 valence electrons. The highest BCUT2D eigenvalue weighted by Crippen LogP contribution is 2.24. The fraction of sp³-hybridized carbons (Fsp3) is 0.667. The predicted octanol–water partition coefficient (Wildman–Crippen LogP) is 4.57. The third-order valence-corrected chi connectivity index (χ3v) is 5.35. The number of nitrogens with one attached hydrogen (secondary N) is 1. The maximum absolute atomic E-state index is 3.76. The Balaban J connectivity index is 1.93. The zero-order valence-corrected chi connectivity index (χ0v) is 15.1. The normalized spacial score (nSPS) is 20.4. The van der Waals surface area contributed by atoms with Crippen LogP contribution in [0.5, 0.6) is 0 Å². The maximum Gasteiger partial charge on any atom is 0.0244 e. The fourth-order valence-corrected chi connectivity index (χ4v) is 3.68. The van der Waals surface area contributed by atoms with Gasteiger partial charge in [-0.15, -0.1) is 0 Å². The summed E-state index contributed by atoms with van der Waals surface area (Å²) in [6, 6.07) is 6.82. The molecule has 3 heteroatoms. The van der Waals surface area contributed by atoms with Crippen molar-refractivity contribution in [3.63, 3.8) is 0 Å². The lowest BCUT2D eigenvalue weighted by molar-refractivity contribution is 0.271. The van der Waals surface area contributed by atoms with Gasteiger partial charge < -0.3 is 5.32 Å². The Bertz CT molecular complexity index is 433. The van der Waals surface area contributed by atoms with Crippen molar-refractivity contribution in [2.45, 2.75) is 52.6 Å². The van der Waals surface area contributed by atoms with Gasteiger partial charge in [-0.2, -0.15) is 0 Å². The van der Waals surface area contributed by atoms with Gasteiger partial charge in [0.05, 0.1) is 0 Å². The minimum absolute atomic E-state index is 0.945. The van der Waals surface area contributed by atoms with Gasteiger partial charge >= 0.3 is 0 Å². The molecule has 2 rings (SSSR count). The van der Waals surface area contributed by atoms with E-state index in [0.717, 1.165) is 25.6 Å². The van der Waals surface area contributed by atoms with Crippen molar-refractivity contribution in [2.24, 2.45) is 5.92 Å². The second kappa shape index (κ2) is 8.92. The molecule has 0 radical (unpaired) electrons. The molecule has 0 spiro atoms. The van der Waals surface area contributed by atoms with E-state index in [2.05, 4.69) is 58.2 Å². The number of hydrogen-bond acceptors (Lipinski definition) is 2. The molecule has 0 aliphatic carbocycles. The summed E-state index contributed by atoms with van der Waals surface area (Å²) in [7, 11) is 0. The molecule has 0 saturated carbocycles. The average Bonchev–Trinajstić information content (AvgIpc) is 2.72. The minimum atomic E-state index is 0.945. The zero-order valence-electron chi connectivity index (χ0n) is 13.5. The Morgan fingerprint density at radius 1 is 1.24 bits per heavy atom. The van der Waals surface area contributed by atoms with Crippen LogP contribution in [0, 0.1) is 5.92 Å². The van der Waals surface area contributed by atoms with Gasteiger partial charge in [0.1, 0.15) is 0 Å². The molecular weight excluding hydrogens is 324 g/mol. The van der Waals surface area contributed by atoms with Gasteiger partial charge in [-0.05, 0) is 62.0 Å². The number of likely N-dealkylation sites (tertiary alicyclic amines) is 1. The van der Waals surface area contributed by atoms with E-state index in [-0.39, 0.29) is 0 Å². The third kappa shape index (κ3) is 5.39. The number of hydrogen-bond donors (Lipinski definition) is 1. The van der Waals surface area contributed by atoms with Crippen LogP contribution >= 0.6 is 15.9 Å². The van der Waals surface area contributed by atoms with Crippen LogP contribution < -0.4 is 5.32 Å². The van der Waals surface area contributed by atoms with Crippen molar-refractivity contribution in [3.8, 4) is 0 Å². The first-order valence-corrected chi connectivity index (χ1v) is 9.22. The summed E-state index contributed by atoms with van der Waals surface area (Å²) in [5, 5.41) is 3.38. The van der Waals surface area contributed by atoms with E-state index in [1.54, 1.807) is 0 Å². The highest BCUT2D eigenvalue weighted by Gasteiger charge is 2.16. The molecule has 1 fully saturated rings. The summed E-state index contributed by atoms with van der Waals surface area (Å²) in [5.74, 6) is 0.945. The van der Waals surface area contributed by atoms with Crippen molar-refractivity contribution < 1.29 is 0 Å². The van der Waals surface area contributed by atoms with Crippen LogP contribution in [0.2, 0.25) is 0 Å². The average molecular weight is 353 g/mol. The number of rotatable bonds is 6. The molecule has 1 aliphatic rings. The van der Waals surface area contributed by atoms with Crippen molar-refractivity contribution in [1.29, 1.82) is 0 Å². The SMILES string of the molecule is CCNCc1ccc(CN2CCCC(CC)CC2)c(Br)c1. The van der Waals surface area contributed by atoms with Gasteiger partial charge in [0, 0.05) is 17.6 Å². The fourth-order valence-electron chi connectivity index (χ4n) is 3.13. The van der Waals surface area contributed by atoms with Crippen LogP contribution in [-0.4, -0.2) is 24.5 Å². The van der Waals surface area contributed by atoms with Crippen LogP contribution in [0.1, 0.15) is 50.7 Å². The molecule has 0 amide bonds. The largest absolute Gasteiger partial charge is 0.313 e. The van der Waals surface area contributed by atoms with Gasteiger partial charge in [0.15, 0.2) is 0 Å². The van der Waals surface area contributed by atoms with Crippen molar-refractivity contribution in [2.75, 3.05) is 19.6 Å². The quantitative estimate of drug-likeness (QED) is 0.806. The molecule has 1 aromatic rings. The predicted molar refractivity (Wildman–Crippen MR) is 94.4 cm³/mol. The summed E-state index contributed by atoms with van der Waals surface area (Å²) < 4.78 is 1.26. The van der Waals surface area contributed by atoms with Crippen molar-refractivity contribution in [1.82, 2.24) is 10.2 Å². The third-order valence-electron chi connectivity index (χ3n) is 4.61. The van der Waals surface area contributed by atoms with Crippen LogP contribution in [0.15, 0.2) is 22.7 Å². The smallest absolute Gasteiger partial charge is 0.0244 e. The lowest BCUT2D eigenvalue weighted by atomic mass is 9.98. The molecule has 1 aromatic carbocycles. The molecule has 1 aliphatic heterocycles. The molecule has 1 unspecified atom stereocenters. The number of halogens is 1. The monoisotopic (exact) mass is 352 g/mol. The summed E-state index contributed by atoms with van der Waals surface area (Å²) in [4.78, 5) is 2.62. The van der Waals surface area contributed by atoms with Crippen LogP contribution in [-0.2, 0) is 13.1 Å². The first kappa shape index (κ1) is 17.0. The van der Waals surface area contributed by atoms with E-state index < -0.39 is 0 Å². The Labute approximate surface area is 138 Å². The Morgan fingerprint density at radius 2 is 2.10 bits per heavy atom. The van der Waals surface area contributed by atoms with Crippen LogP contribution in [0.3, 0.4) is 0 Å². The Kier molecular flexibility index (Phi) is 7.21. The van der Waals surface area contributed by atoms with E-state index >= 15 is 0 Å². The molecule has 1 N–H and O–H groups in total. The molecule has 21 heavy (non-hydrogen) atoms. The summed E-state index contributed by atoms with van der Waals surface area (Å²) >= 11 is 3.76. The zero-order chi connectivity index (χ0) is 15.1. The van der Waals surface area contributed by atoms with E-state index in [0.29, 0.717) is 0 Å². The van der Waals surface area contributed by atoms with Gasteiger partial charge in [0.2, 0.25) is 0 Å². The lowest BCUT2D eigenvalue weighted by Gasteiger charge is -2.21. The first-order chi connectivity index (χ1) is 10.2. The molecule has 0 bridgehead atoms. The molecule has 0 aromatic heterocycles.